The lowest BCUT2D eigenvalue weighted by Crippen LogP contribution is -2.11. The van der Waals surface area contributed by atoms with E-state index in [-0.39, 0.29) is 11.6 Å². The Bertz CT molecular complexity index is 952. The predicted octanol–water partition coefficient (Wildman–Crippen LogP) is 5.04. The molecule has 0 radical (unpaired) electrons. The van der Waals surface area contributed by atoms with Crippen molar-refractivity contribution in [3.05, 3.63) is 88.5 Å². The number of anilines is 1. The molecule has 0 heterocycles. The lowest BCUT2D eigenvalue weighted by Gasteiger charge is -2.09. The standard InChI is InChI=1S/C21H18N2O5/c1-2-27-18-11-13-20(14-12-18)28-19-9-5-16(6-10-19)22-21(24)15-3-7-17(8-4-15)23(25)26/h3-14H,2H2,1H3,(H,22,24). The number of nitrogens with zero attached hydrogens (tertiary/aromatic N) is 1. The van der Waals surface area contributed by atoms with Gasteiger partial charge in [-0.1, -0.05) is 0 Å². The summed E-state index contributed by atoms with van der Waals surface area (Å²) in [5.41, 5.74) is 0.857. The van der Waals surface area contributed by atoms with Crippen LogP contribution in [0.15, 0.2) is 72.8 Å². The van der Waals surface area contributed by atoms with E-state index in [4.69, 9.17) is 9.47 Å². The van der Waals surface area contributed by atoms with Crippen LogP contribution in [0.1, 0.15) is 17.3 Å². The molecule has 1 amide bonds. The molecule has 1 N–H and O–H groups in total. The number of nitro groups is 1. The summed E-state index contributed by atoms with van der Waals surface area (Å²) in [5, 5.41) is 13.4. The Labute approximate surface area is 161 Å². The normalized spacial score (nSPS) is 10.2. The number of rotatable bonds is 7. The molecule has 28 heavy (non-hydrogen) atoms. The van der Waals surface area contributed by atoms with Gasteiger partial charge < -0.3 is 14.8 Å². The minimum absolute atomic E-state index is 0.0626. The fourth-order valence-corrected chi connectivity index (χ4v) is 2.45. The number of ether oxygens (including phenoxy) is 2. The van der Waals surface area contributed by atoms with Crippen molar-refractivity contribution in [3.8, 4) is 17.2 Å². The first-order valence-electron chi connectivity index (χ1n) is 8.62. The molecule has 0 bridgehead atoms. The van der Waals surface area contributed by atoms with E-state index < -0.39 is 4.92 Å². The summed E-state index contributed by atoms with van der Waals surface area (Å²) in [6.07, 6.45) is 0. The van der Waals surface area contributed by atoms with Crippen LogP contribution < -0.4 is 14.8 Å². The molecule has 0 fully saturated rings. The van der Waals surface area contributed by atoms with Crippen LogP contribution in [-0.2, 0) is 0 Å². The Hall–Kier alpha value is -3.87. The first kappa shape index (κ1) is 18.9. The second kappa shape index (κ2) is 8.68. The molecule has 7 nitrogen and oxygen atoms in total. The van der Waals surface area contributed by atoms with Crippen molar-refractivity contribution in [1.82, 2.24) is 0 Å². The van der Waals surface area contributed by atoms with E-state index >= 15 is 0 Å². The van der Waals surface area contributed by atoms with Crippen molar-refractivity contribution in [2.75, 3.05) is 11.9 Å². The van der Waals surface area contributed by atoms with Crippen molar-refractivity contribution in [2.45, 2.75) is 6.92 Å². The van der Waals surface area contributed by atoms with Gasteiger partial charge in [-0.3, -0.25) is 14.9 Å². The highest BCUT2D eigenvalue weighted by Gasteiger charge is 2.10. The third-order valence-electron chi connectivity index (χ3n) is 3.82. The monoisotopic (exact) mass is 378 g/mol. The van der Waals surface area contributed by atoms with Gasteiger partial charge in [0, 0.05) is 23.4 Å². The first-order valence-corrected chi connectivity index (χ1v) is 8.62. The Kier molecular flexibility index (Phi) is 5.86. The lowest BCUT2D eigenvalue weighted by molar-refractivity contribution is -0.384. The number of benzene rings is 3. The smallest absolute Gasteiger partial charge is 0.269 e. The summed E-state index contributed by atoms with van der Waals surface area (Å²) in [6.45, 7) is 2.53. The molecule has 0 saturated carbocycles. The largest absolute Gasteiger partial charge is 0.494 e. The molecule has 0 aliphatic carbocycles. The Balaban J connectivity index is 1.60. The number of carbonyl (C=O) groups is 1. The topological polar surface area (TPSA) is 90.7 Å². The fourth-order valence-electron chi connectivity index (χ4n) is 2.45. The van der Waals surface area contributed by atoms with Gasteiger partial charge in [-0.15, -0.1) is 0 Å². The zero-order valence-electron chi connectivity index (χ0n) is 15.1. The van der Waals surface area contributed by atoms with E-state index in [2.05, 4.69) is 5.32 Å². The molecule has 0 aromatic heterocycles. The summed E-state index contributed by atoms with van der Waals surface area (Å²) in [4.78, 5) is 22.4. The van der Waals surface area contributed by atoms with Crippen LogP contribution in [0.2, 0.25) is 0 Å². The van der Waals surface area contributed by atoms with Gasteiger partial charge in [0.15, 0.2) is 0 Å². The van der Waals surface area contributed by atoms with Gasteiger partial charge in [0.2, 0.25) is 0 Å². The molecule has 3 aromatic carbocycles. The molecule has 7 heteroatoms. The summed E-state index contributed by atoms with van der Waals surface area (Å²) in [5.74, 6) is 1.72. The predicted molar refractivity (Wildman–Crippen MR) is 105 cm³/mol. The minimum Gasteiger partial charge on any atom is -0.494 e. The molecule has 3 aromatic rings. The van der Waals surface area contributed by atoms with Crippen LogP contribution in [0, 0.1) is 10.1 Å². The van der Waals surface area contributed by atoms with E-state index in [1.165, 1.54) is 24.3 Å². The van der Waals surface area contributed by atoms with E-state index in [1.54, 1.807) is 24.3 Å². The third-order valence-corrected chi connectivity index (χ3v) is 3.82. The molecule has 3 rings (SSSR count). The third kappa shape index (κ3) is 4.85. The van der Waals surface area contributed by atoms with Gasteiger partial charge in [0.05, 0.1) is 11.5 Å². The highest BCUT2D eigenvalue weighted by molar-refractivity contribution is 6.04. The maximum Gasteiger partial charge on any atom is 0.269 e. The number of nitro benzene ring substituents is 1. The molecular formula is C21H18N2O5. The van der Waals surface area contributed by atoms with Gasteiger partial charge in [-0.05, 0) is 67.6 Å². The fraction of sp³-hybridized carbons (Fsp3) is 0.0952. The van der Waals surface area contributed by atoms with Gasteiger partial charge in [-0.25, -0.2) is 0 Å². The molecule has 0 aliphatic heterocycles. The van der Waals surface area contributed by atoms with Crippen molar-refractivity contribution < 1.29 is 19.2 Å². The molecular weight excluding hydrogens is 360 g/mol. The summed E-state index contributed by atoms with van der Waals surface area (Å²) < 4.78 is 11.1. The second-order valence-electron chi connectivity index (χ2n) is 5.79. The van der Waals surface area contributed by atoms with Crippen LogP contribution in [0.4, 0.5) is 11.4 Å². The van der Waals surface area contributed by atoms with Crippen LogP contribution in [0.25, 0.3) is 0 Å². The molecule has 0 saturated heterocycles. The average molecular weight is 378 g/mol. The van der Waals surface area contributed by atoms with Gasteiger partial charge in [0.25, 0.3) is 11.6 Å². The zero-order valence-corrected chi connectivity index (χ0v) is 15.1. The minimum atomic E-state index is -0.509. The van der Waals surface area contributed by atoms with Gasteiger partial charge in [-0.2, -0.15) is 0 Å². The summed E-state index contributed by atoms with van der Waals surface area (Å²) in [6, 6.07) is 19.6. The van der Waals surface area contributed by atoms with Crippen molar-refractivity contribution in [2.24, 2.45) is 0 Å². The van der Waals surface area contributed by atoms with E-state index in [0.29, 0.717) is 29.4 Å². The van der Waals surface area contributed by atoms with E-state index in [1.807, 2.05) is 31.2 Å². The van der Waals surface area contributed by atoms with E-state index in [9.17, 15) is 14.9 Å². The summed E-state index contributed by atoms with van der Waals surface area (Å²) >= 11 is 0. The average Bonchev–Trinajstić information content (AvgIpc) is 2.71. The molecule has 0 unspecified atom stereocenters. The molecule has 0 aliphatic rings. The zero-order chi connectivity index (χ0) is 19.9. The van der Waals surface area contributed by atoms with Gasteiger partial charge >= 0.3 is 0 Å². The summed E-state index contributed by atoms with van der Waals surface area (Å²) in [7, 11) is 0. The highest BCUT2D eigenvalue weighted by Crippen LogP contribution is 2.25. The Morgan fingerprint density at radius 3 is 1.96 bits per heavy atom. The number of hydrogen-bond donors (Lipinski definition) is 1. The quantitative estimate of drug-likeness (QED) is 0.459. The SMILES string of the molecule is CCOc1ccc(Oc2ccc(NC(=O)c3ccc([N+](=O)[O-])cc3)cc2)cc1. The van der Waals surface area contributed by atoms with E-state index in [0.717, 1.165) is 5.75 Å². The highest BCUT2D eigenvalue weighted by atomic mass is 16.6. The number of carbonyl (C=O) groups excluding carboxylic acids is 1. The number of hydrogen-bond acceptors (Lipinski definition) is 5. The van der Waals surface area contributed by atoms with Crippen LogP contribution >= 0.6 is 0 Å². The molecule has 0 spiro atoms. The second-order valence-corrected chi connectivity index (χ2v) is 5.79. The Morgan fingerprint density at radius 1 is 0.893 bits per heavy atom. The maximum atomic E-state index is 12.2. The first-order chi connectivity index (χ1) is 13.5. The van der Waals surface area contributed by atoms with Crippen molar-refractivity contribution >= 4 is 17.3 Å². The van der Waals surface area contributed by atoms with Crippen LogP contribution in [0.3, 0.4) is 0 Å². The number of non-ortho nitro benzene ring substituents is 1. The van der Waals surface area contributed by atoms with Crippen LogP contribution in [-0.4, -0.2) is 17.4 Å². The number of amides is 1. The molecule has 0 atom stereocenters. The van der Waals surface area contributed by atoms with Gasteiger partial charge in [0.1, 0.15) is 17.2 Å². The lowest BCUT2D eigenvalue weighted by atomic mass is 10.2. The van der Waals surface area contributed by atoms with Crippen molar-refractivity contribution in [1.29, 1.82) is 0 Å². The maximum absolute atomic E-state index is 12.2. The van der Waals surface area contributed by atoms with Crippen molar-refractivity contribution in [3.63, 3.8) is 0 Å². The molecule has 142 valence electrons. The number of nitrogens with one attached hydrogen (secondary N) is 1. The Morgan fingerprint density at radius 2 is 1.43 bits per heavy atom. The van der Waals surface area contributed by atoms with Crippen LogP contribution in [0.5, 0.6) is 17.2 Å².